The van der Waals surface area contributed by atoms with Crippen LogP contribution in [0.25, 0.3) is 0 Å². The van der Waals surface area contributed by atoms with Gasteiger partial charge in [0.05, 0.1) is 5.75 Å². The molecular formula is C19H33IN4O3S. The number of amides is 1. The average molecular weight is 524 g/mol. The molecule has 0 aliphatic rings. The van der Waals surface area contributed by atoms with E-state index >= 15 is 0 Å². The summed E-state index contributed by atoms with van der Waals surface area (Å²) >= 11 is 0. The van der Waals surface area contributed by atoms with Crippen molar-refractivity contribution >= 4 is 45.7 Å². The quantitative estimate of drug-likeness (QED) is 0.293. The SMILES string of the molecule is CCNC(=NCCc1cccc(C(=O)N(C)C)c1)NC(C)CCS(C)(=O)=O.I. The molecule has 1 rings (SSSR count). The Morgan fingerprint density at radius 3 is 2.54 bits per heavy atom. The summed E-state index contributed by atoms with van der Waals surface area (Å²) in [5.74, 6) is 0.793. The topological polar surface area (TPSA) is 90.9 Å². The smallest absolute Gasteiger partial charge is 0.253 e. The van der Waals surface area contributed by atoms with E-state index in [1.54, 1.807) is 19.0 Å². The van der Waals surface area contributed by atoms with Crippen LogP contribution in [0, 0.1) is 0 Å². The number of carbonyl (C=O) groups excluding carboxylic acids is 1. The first-order valence-corrected chi connectivity index (χ1v) is 11.2. The third-order valence-corrected chi connectivity index (χ3v) is 4.88. The van der Waals surface area contributed by atoms with Crippen molar-refractivity contribution in [1.29, 1.82) is 0 Å². The number of aliphatic imine (C=N–C) groups is 1. The van der Waals surface area contributed by atoms with Crippen LogP contribution in [0.1, 0.15) is 36.2 Å². The number of nitrogens with zero attached hydrogens (tertiary/aromatic N) is 2. The Morgan fingerprint density at radius 1 is 1.29 bits per heavy atom. The van der Waals surface area contributed by atoms with Gasteiger partial charge in [-0.3, -0.25) is 9.79 Å². The van der Waals surface area contributed by atoms with Crippen molar-refractivity contribution in [3.63, 3.8) is 0 Å². The van der Waals surface area contributed by atoms with Gasteiger partial charge in [0, 0.05) is 45.0 Å². The Kier molecular flexibility index (Phi) is 12.3. The molecule has 160 valence electrons. The van der Waals surface area contributed by atoms with E-state index in [1.165, 1.54) is 6.26 Å². The molecule has 0 aliphatic carbocycles. The summed E-state index contributed by atoms with van der Waals surface area (Å²) < 4.78 is 22.6. The molecule has 1 aromatic carbocycles. The van der Waals surface area contributed by atoms with Crippen LogP contribution in [-0.2, 0) is 16.3 Å². The number of guanidine groups is 1. The van der Waals surface area contributed by atoms with Crippen LogP contribution in [-0.4, -0.2) is 70.4 Å². The van der Waals surface area contributed by atoms with Crippen molar-refractivity contribution in [2.75, 3.05) is 39.2 Å². The maximum atomic E-state index is 12.1. The number of hydrogen-bond acceptors (Lipinski definition) is 4. The Bertz CT molecular complexity index is 751. The summed E-state index contributed by atoms with van der Waals surface area (Å²) in [6, 6.07) is 7.57. The normalized spacial score (nSPS) is 12.7. The highest BCUT2D eigenvalue weighted by molar-refractivity contribution is 14.0. The number of rotatable bonds is 9. The van der Waals surface area contributed by atoms with Crippen LogP contribution in [0.15, 0.2) is 29.3 Å². The first kappa shape index (κ1) is 26.6. The number of nitrogens with one attached hydrogen (secondary N) is 2. The highest BCUT2D eigenvalue weighted by Crippen LogP contribution is 2.08. The van der Waals surface area contributed by atoms with E-state index in [4.69, 9.17) is 0 Å². The molecule has 2 N–H and O–H groups in total. The molecule has 7 nitrogen and oxygen atoms in total. The van der Waals surface area contributed by atoms with E-state index < -0.39 is 9.84 Å². The Labute approximate surface area is 186 Å². The van der Waals surface area contributed by atoms with Crippen molar-refractivity contribution in [3.05, 3.63) is 35.4 Å². The first-order valence-electron chi connectivity index (χ1n) is 9.15. The molecule has 9 heteroatoms. The Morgan fingerprint density at radius 2 is 1.96 bits per heavy atom. The number of benzene rings is 1. The number of hydrogen-bond donors (Lipinski definition) is 2. The largest absolute Gasteiger partial charge is 0.357 e. The zero-order valence-electron chi connectivity index (χ0n) is 17.4. The monoisotopic (exact) mass is 524 g/mol. The molecule has 0 bridgehead atoms. The molecule has 1 unspecified atom stereocenters. The lowest BCUT2D eigenvalue weighted by Gasteiger charge is -2.17. The van der Waals surface area contributed by atoms with Crippen molar-refractivity contribution in [1.82, 2.24) is 15.5 Å². The van der Waals surface area contributed by atoms with Crippen LogP contribution < -0.4 is 10.6 Å². The standard InChI is InChI=1S/C19H32N4O3S.HI/c1-6-20-19(22-15(2)11-13-27(5,25)26)21-12-10-16-8-7-9-17(14-16)18(24)23(3)4;/h7-9,14-15H,6,10-13H2,1-5H3,(H2,20,21,22);1H. The molecule has 0 fully saturated rings. The maximum absolute atomic E-state index is 12.1. The minimum Gasteiger partial charge on any atom is -0.357 e. The van der Waals surface area contributed by atoms with Gasteiger partial charge in [0.1, 0.15) is 9.84 Å². The van der Waals surface area contributed by atoms with Gasteiger partial charge in [-0.1, -0.05) is 12.1 Å². The molecule has 1 amide bonds. The number of carbonyl (C=O) groups is 1. The van der Waals surface area contributed by atoms with Crippen LogP contribution in [0.4, 0.5) is 0 Å². The fraction of sp³-hybridized carbons (Fsp3) is 0.579. The van der Waals surface area contributed by atoms with Gasteiger partial charge in [0.2, 0.25) is 0 Å². The second-order valence-electron chi connectivity index (χ2n) is 6.87. The molecule has 0 radical (unpaired) electrons. The van der Waals surface area contributed by atoms with Gasteiger partial charge in [0.25, 0.3) is 5.91 Å². The lowest BCUT2D eigenvalue weighted by atomic mass is 10.1. The van der Waals surface area contributed by atoms with E-state index in [-0.39, 0.29) is 41.7 Å². The van der Waals surface area contributed by atoms with Crippen molar-refractivity contribution < 1.29 is 13.2 Å². The average Bonchev–Trinajstić information content (AvgIpc) is 2.59. The van der Waals surface area contributed by atoms with E-state index in [2.05, 4.69) is 15.6 Å². The molecule has 1 atom stereocenters. The van der Waals surface area contributed by atoms with Gasteiger partial charge >= 0.3 is 0 Å². The zero-order valence-corrected chi connectivity index (χ0v) is 20.5. The molecule has 0 heterocycles. The van der Waals surface area contributed by atoms with Crippen LogP contribution >= 0.6 is 24.0 Å². The van der Waals surface area contributed by atoms with Crippen molar-refractivity contribution in [2.45, 2.75) is 32.7 Å². The van der Waals surface area contributed by atoms with E-state index in [9.17, 15) is 13.2 Å². The van der Waals surface area contributed by atoms with E-state index in [1.807, 2.05) is 38.1 Å². The van der Waals surface area contributed by atoms with Gasteiger partial charge in [-0.2, -0.15) is 0 Å². The molecule has 0 spiro atoms. The van der Waals surface area contributed by atoms with Gasteiger partial charge < -0.3 is 15.5 Å². The van der Waals surface area contributed by atoms with Gasteiger partial charge in [0.15, 0.2) is 5.96 Å². The Balaban J connectivity index is 0.00000729. The lowest BCUT2D eigenvalue weighted by molar-refractivity contribution is 0.0827. The molecule has 28 heavy (non-hydrogen) atoms. The van der Waals surface area contributed by atoms with Gasteiger partial charge in [-0.15, -0.1) is 24.0 Å². The van der Waals surface area contributed by atoms with Gasteiger partial charge in [-0.05, 0) is 44.4 Å². The van der Waals surface area contributed by atoms with Crippen LogP contribution in [0.2, 0.25) is 0 Å². The molecule has 0 aliphatic heterocycles. The summed E-state index contributed by atoms with van der Waals surface area (Å²) in [5.41, 5.74) is 1.72. The fourth-order valence-corrected chi connectivity index (χ4v) is 3.21. The fourth-order valence-electron chi connectivity index (χ4n) is 2.43. The predicted molar refractivity (Wildman–Crippen MR) is 126 cm³/mol. The van der Waals surface area contributed by atoms with Crippen LogP contribution in [0.3, 0.4) is 0 Å². The van der Waals surface area contributed by atoms with E-state index in [0.29, 0.717) is 30.9 Å². The summed E-state index contributed by atoms with van der Waals surface area (Å²) in [6.07, 6.45) is 2.48. The summed E-state index contributed by atoms with van der Waals surface area (Å²) in [4.78, 5) is 18.2. The third kappa shape index (κ3) is 10.8. The zero-order chi connectivity index (χ0) is 20.4. The summed E-state index contributed by atoms with van der Waals surface area (Å²) in [7, 11) is 0.501. The minimum atomic E-state index is -2.97. The summed E-state index contributed by atoms with van der Waals surface area (Å²) in [5, 5.41) is 6.41. The van der Waals surface area contributed by atoms with E-state index in [0.717, 1.165) is 12.1 Å². The second kappa shape index (κ2) is 13.0. The highest BCUT2D eigenvalue weighted by atomic mass is 127. The second-order valence-corrected chi connectivity index (χ2v) is 9.13. The summed E-state index contributed by atoms with van der Waals surface area (Å²) in [6.45, 7) is 5.20. The molecule has 1 aromatic rings. The molecular weight excluding hydrogens is 491 g/mol. The molecule has 0 saturated carbocycles. The third-order valence-electron chi connectivity index (χ3n) is 3.90. The van der Waals surface area contributed by atoms with Crippen molar-refractivity contribution in [2.24, 2.45) is 4.99 Å². The number of sulfone groups is 1. The number of halogens is 1. The first-order chi connectivity index (χ1) is 12.6. The lowest BCUT2D eigenvalue weighted by Crippen LogP contribution is -2.43. The molecule has 0 aromatic heterocycles. The maximum Gasteiger partial charge on any atom is 0.253 e. The van der Waals surface area contributed by atoms with Gasteiger partial charge in [-0.25, -0.2) is 8.42 Å². The minimum absolute atomic E-state index is 0. The highest BCUT2D eigenvalue weighted by Gasteiger charge is 2.10. The predicted octanol–water partition coefficient (Wildman–Crippen LogP) is 1.93. The van der Waals surface area contributed by atoms with Crippen molar-refractivity contribution in [3.8, 4) is 0 Å². The Hall–Kier alpha value is -1.36. The van der Waals surface area contributed by atoms with Crippen LogP contribution in [0.5, 0.6) is 0 Å². The molecule has 0 saturated heterocycles.